The lowest BCUT2D eigenvalue weighted by Gasteiger charge is -2.26. The Morgan fingerprint density at radius 3 is 2.77 bits per heavy atom. The first-order chi connectivity index (χ1) is 10.6. The van der Waals surface area contributed by atoms with E-state index in [9.17, 15) is 8.42 Å². The van der Waals surface area contributed by atoms with Gasteiger partial charge in [-0.05, 0) is 42.0 Å². The maximum absolute atomic E-state index is 12.8. The number of ether oxygens (including phenoxy) is 1. The first kappa shape index (κ1) is 15.6. The van der Waals surface area contributed by atoms with E-state index in [1.165, 1.54) is 11.3 Å². The Morgan fingerprint density at radius 1 is 1.36 bits per heavy atom. The van der Waals surface area contributed by atoms with Crippen molar-refractivity contribution in [3.05, 3.63) is 47.6 Å². The maximum atomic E-state index is 12.8. The van der Waals surface area contributed by atoms with Crippen LogP contribution in [0, 0.1) is 0 Å². The van der Waals surface area contributed by atoms with Crippen LogP contribution in [0.1, 0.15) is 12.0 Å². The summed E-state index contributed by atoms with van der Waals surface area (Å²) in [6, 6.07) is 7.07. The van der Waals surface area contributed by atoms with Crippen LogP contribution in [-0.2, 0) is 21.2 Å². The number of pyridine rings is 1. The Morgan fingerprint density at radius 2 is 2.14 bits per heavy atom. The van der Waals surface area contributed by atoms with Gasteiger partial charge in [-0.3, -0.25) is 4.98 Å². The first-order valence-corrected chi connectivity index (χ1v) is 9.42. The third-order valence-electron chi connectivity index (χ3n) is 3.99. The summed E-state index contributed by atoms with van der Waals surface area (Å²) in [5.41, 5.74) is 1.07. The normalized spacial score (nSPS) is 23.0. The van der Waals surface area contributed by atoms with E-state index in [-0.39, 0.29) is 12.1 Å². The van der Waals surface area contributed by atoms with Gasteiger partial charge in [-0.15, -0.1) is 11.3 Å². The van der Waals surface area contributed by atoms with Crippen molar-refractivity contribution in [1.29, 1.82) is 0 Å². The molecule has 0 unspecified atom stereocenters. The maximum Gasteiger partial charge on any atom is 0.252 e. The van der Waals surface area contributed by atoms with Gasteiger partial charge >= 0.3 is 0 Å². The van der Waals surface area contributed by atoms with E-state index in [1.807, 2.05) is 12.1 Å². The molecule has 118 valence electrons. The van der Waals surface area contributed by atoms with Gasteiger partial charge in [0.25, 0.3) is 10.0 Å². The molecule has 1 saturated heterocycles. The molecular formula is C15H18N2O3S2. The van der Waals surface area contributed by atoms with Crippen LogP contribution < -0.4 is 0 Å². The summed E-state index contributed by atoms with van der Waals surface area (Å²) in [5, 5.41) is 1.79. The van der Waals surface area contributed by atoms with Crippen molar-refractivity contribution in [2.75, 3.05) is 13.7 Å². The zero-order chi connectivity index (χ0) is 15.6. The van der Waals surface area contributed by atoms with Crippen LogP contribution in [0.25, 0.3) is 0 Å². The lowest BCUT2D eigenvalue weighted by molar-refractivity contribution is 0.0810. The number of aromatic nitrogens is 1. The Hall–Kier alpha value is -1.28. The van der Waals surface area contributed by atoms with Crippen LogP contribution in [0.3, 0.4) is 0 Å². The molecule has 2 atom stereocenters. The van der Waals surface area contributed by atoms with Gasteiger partial charge in [0.15, 0.2) is 0 Å². The molecule has 0 saturated carbocycles. The number of nitrogens with zero attached hydrogens (tertiary/aromatic N) is 2. The predicted molar refractivity (Wildman–Crippen MR) is 85.4 cm³/mol. The van der Waals surface area contributed by atoms with E-state index in [2.05, 4.69) is 4.98 Å². The Kier molecular flexibility index (Phi) is 4.58. The van der Waals surface area contributed by atoms with E-state index in [0.717, 1.165) is 12.0 Å². The van der Waals surface area contributed by atoms with Crippen molar-refractivity contribution in [1.82, 2.24) is 9.29 Å². The van der Waals surface area contributed by atoms with Crippen molar-refractivity contribution >= 4 is 21.4 Å². The highest BCUT2D eigenvalue weighted by atomic mass is 32.2. The smallest absolute Gasteiger partial charge is 0.252 e. The van der Waals surface area contributed by atoms with Crippen LogP contribution in [0.5, 0.6) is 0 Å². The highest BCUT2D eigenvalue weighted by molar-refractivity contribution is 7.91. The van der Waals surface area contributed by atoms with E-state index in [1.54, 1.807) is 41.3 Å². The second-order valence-electron chi connectivity index (χ2n) is 5.24. The summed E-state index contributed by atoms with van der Waals surface area (Å²) in [7, 11) is -1.81. The number of thiophene rings is 1. The lowest BCUT2D eigenvalue weighted by atomic mass is 10.0. The molecule has 0 aliphatic carbocycles. The molecule has 2 aromatic heterocycles. The monoisotopic (exact) mass is 338 g/mol. The fourth-order valence-corrected chi connectivity index (χ4v) is 5.67. The minimum Gasteiger partial charge on any atom is -0.380 e. The molecule has 0 bridgehead atoms. The van der Waals surface area contributed by atoms with Crippen LogP contribution in [0.2, 0.25) is 0 Å². The summed E-state index contributed by atoms with van der Waals surface area (Å²) >= 11 is 1.25. The number of hydrogen-bond acceptors (Lipinski definition) is 5. The van der Waals surface area contributed by atoms with Crippen LogP contribution in [0.4, 0.5) is 0 Å². The molecule has 1 fully saturated rings. The number of methoxy groups -OCH3 is 1. The third kappa shape index (κ3) is 2.94. The number of sulfonamides is 1. The molecule has 7 heteroatoms. The van der Waals surface area contributed by atoms with Crippen LogP contribution >= 0.6 is 11.3 Å². The minimum atomic E-state index is -3.45. The summed E-state index contributed by atoms with van der Waals surface area (Å²) in [6.07, 6.45) is 4.72. The van der Waals surface area contributed by atoms with Crippen molar-refractivity contribution in [2.24, 2.45) is 0 Å². The lowest BCUT2D eigenvalue weighted by Crippen LogP contribution is -2.41. The van der Waals surface area contributed by atoms with Gasteiger partial charge in [0.05, 0.1) is 12.1 Å². The fourth-order valence-electron chi connectivity index (χ4n) is 2.89. The molecule has 1 aliphatic heterocycles. The molecule has 3 rings (SSSR count). The van der Waals surface area contributed by atoms with Crippen molar-refractivity contribution < 1.29 is 13.2 Å². The Balaban J connectivity index is 1.90. The molecule has 3 heterocycles. The molecule has 22 heavy (non-hydrogen) atoms. The number of rotatable bonds is 5. The van der Waals surface area contributed by atoms with Gasteiger partial charge in [-0.25, -0.2) is 8.42 Å². The van der Waals surface area contributed by atoms with Gasteiger partial charge in [0, 0.05) is 26.0 Å². The first-order valence-electron chi connectivity index (χ1n) is 7.10. The predicted octanol–water partition coefficient (Wildman–Crippen LogP) is 2.16. The summed E-state index contributed by atoms with van der Waals surface area (Å²) in [5.74, 6) is 0. The Labute approximate surface area is 134 Å². The second kappa shape index (κ2) is 6.45. The zero-order valence-electron chi connectivity index (χ0n) is 12.3. The largest absolute Gasteiger partial charge is 0.380 e. The van der Waals surface area contributed by atoms with Gasteiger partial charge in [0.1, 0.15) is 4.21 Å². The quantitative estimate of drug-likeness (QED) is 0.838. The fraction of sp³-hybridized carbons (Fsp3) is 0.400. The number of hydrogen-bond donors (Lipinski definition) is 0. The highest BCUT2D eigenvalue weighted by Gasteiger charge is 2.42. The van der Waals surface area contributed by atoms with E-state index < -0.39 is 10.0 Å². The molecular weight excluding hydrogens is 320 g/mol. The molecule has 5 nitrogen and oxygen atoms in total. The van der Waals surface area contributed by atoms with Crippen LogP contribution in [0.15, 0.2) is 46.2 Å². The topological polar surface area (TPSA) is 59.5 Å². The molecule has 0 amide bonds. The van der Waals surface area contributed by atoms with Gasteiger partial charge in [0.2, 0.25) is 0 Å². The molecule has 2 aromatic rings. The SMILES string of the molecule is CO[C@@H]1CCN(S(=O)(=O)c2cccs2)[C@@H]1Cc1ccncc1. The van der Waals surface area contributed by atoms with Crippen LogP contribution in [-0.4, -0.2) is 43.5 Å². The van der Waals surface area contributed by atoms with E-state index in [0.29, 0.717) is 17.2 Å². The Bertz CT molecular complexity index is 702. The zero-order valence-corrected chi connectivity index (χ0v) is 13.9. The second-order valence-corrected chi connectivity index (χ2v) is 8.30. The average molecular weight is 338 g/mol. The van der Waals surface area contributed by atoms with Gasteiger partial charge in [-0.1, -0.05) is 6.07 Å². The van der Waals surface area contributed by atoms with Crippen molar-refractivity contribution in [2.45, 2.75) is 29.2 Å². The standard InChI is InChI=1S/C15H18N2O3S2/c1-20-14-6-9-17(22(18,19)15-3-2-10-21-15)13(14)11-12-4-7-16-8-5-12/h2-5,7-8,10,13-14H,6,9,11H2,1H3/t13-,14-/m1/s1. The average Bonchev–Trinajstić information content (AvgIpc) is 3.18. The summed E-state index contributed by atoms with van der Waals surface area (Å²) < 4.78 is 33.2. The molecule has 0 spiro atoms. The van der Waals surface area contributed by atoms with Crippen molar-refractivity contribution in [3.8, 4) is 0 Å². The summed E-state index contributed by atoms with van der Waals surface area (Å²) in [4.78, 5) is 4.01. The molecule has 0 N–H and O–H groups in total. The molecule has 1 aliphatic rings. The van der Waals surface area contributed by atoms with E-state index >= 15 is 0 Å². The van der Waals surface area contributed by atoms with Gasteiger partial charge in [-0.2, -0.15) is 4.31 Å². The molecule has 0 aromatic carbocycles. The minimum absolute atomic E-state index is 0.0806. The third-order valence-corrected chi connectivity index (χ3v) is 7.29. The molecule has 0 radical (unpaired) electrons. The van der Waals surface area contributed by atoms with Crippen molar-refractivity contribution in [3.63, 3.8) is 0 Å². The van der Waals surface area contributed by atoms with Gasteiger partial charge < -0.3 is 4.74 Å². The highest BCUT2D eigenvalue weighted by Crippen LogP contribution is 2.31. The van der Waals surface area contributed by atoms with E-state index in [4.69, 9.17) is 4.74 Å². The summed E-state index contributed by atoms with van der Waals surface area (Å²) in [6.45, 7) is 0.495.